The summed E-state index contributed by atoms with van der Waals surface area (Å²) < 4.78 is 0. The molecule has 1 nitrogen and oxygen atoms in total. The van der Waals surface area contributed by atoms with Crippen molar-refractivity contribution in [2.75, 3.05) is 5.32 Å². The molecular weight excluding hydrogens is 470 g/mol. The molecule has 0 saturated carbocycles. The standard InChI is InChI=1S/C38H31N/c1-27-11-6-7-16-35(27)36-24-21-32(25-28(36)2)31-14-10-15-33(26-31)37-17-8-9-18-38(37)39-34-22-19-30(20-23-34)29-12-4-3-5-13-29/h3-26,39H,1-2H3. The fourth-order valence-corrected chi connectivity index (χ4v) is 5.26. The van der Waals surface area contributed by atoms with Crippen LogP contribution in [0.5, 0.6) is 0 Å². The van der Waals surface area contributed by atoms with Crippen LogP contribution in [0.25, 0.3) is 44.5 Å². The maximum absolute atomic E-state index is 3.65. The molecule has 0 atom stereocenters. The van der Waals surface area contributed by atoms with Crippen molar-refractivity contribution in [3.8, 4) is 44.5 Å². The normalized spacial score (nSPS) is 10.8. The fraction of sp³-hybridized carbons (Fsp3) is 0.0526. The van der Waals surface area contributed by atoms with Gasteiger partial charge >= 0.3 is 0 Å². The average Bonchev–Trinajstić information content (AvgIpc) is 2.99. The van der Waals surface area contributed by atoms with Gasteiger partial charge in [0.1, 0.15) is 0 Å². The minimum Gasteiger partial charge on any atom is -0.355 e. The third-order valence-electron chi connectivity index (χ3n) is 7.37. The Hall–Kier alpha value is -4.88. The van der Waals surface area contributed by atoms with Gasteiger partial charge in [-0.05, 0) is 88.2 Å². The molecule has 6 aromatic rings. The summed E-state index contributed by atoms with van der Waals surface area (Å²) in [6.45, 7) is 4.38. The summed E-state index contributed by atoms with van der Waals surface area (Å²) in [6, 6.07) is 51.9. The largest absolute Gasteiger partial charge is 0.355 e. The van der Waals surface area contributed by atoms with E-state index in [9.17, 15) is 0 Å². The molecule has 188 valence electrons. The number of hydrogen-bond donors (Lipinski definition) is 1. The summed E-state index contributed by atoms with van der Waals surface area (Å²) >= 11 is 0. The summed E-state index contributed by atoms with van der Waals surface area (Å²) in [5.74, 6) is 0. The second kappa shape index (κ2) is 10.8. The Labute approximate surface area is 231 Å². The Morgan fingerprint density at radius 2 is 0.923 bits per heavy atom. The van der Waals surface area contributed by atoms with Crippen LogP contribution in [0.2, 0.25) is 0 Å². The van der Waals surface area contributed by atoms with Crippen molar-refractivity contribution >= 4 is 11.4 Å². The van der Waals surface area contributed by atoms with Crippen LogP contribution in [0.3, 0.4) is 0 Å². The summed E-state index contributed by atoms with van der Waals surface area (Å²) in [5, 5.41) is 3.65. The molecule has 0 saturated heterocycles. The Bertz CT molecular complexity index is 1730. The predicted molar refractivity (Wildman–Crippen MR) is 167 cm³/mol. The third-order valence-corrected chi connectivity index (χ3v) is 7.37. The molecule has 0 heterocycles. The molecule has 0 unspecified atom stereocenters. The second-order valence-corrected chi connectivity index (χ2v) is 10.0. The lowest BCUT2D eigenvalue weighted by molar-refractivity contribution is 1.41. The number of rotatable bonds is 6. The van der Waals surface area contributed by atoms with Gasteiger partial charge in [0.2, 0.25) is 0 Å². The van der Waals surface area contributed by atoms with E-state index in [1.165, 1.54) is 55.6 Å². The molecule has 0 radical (unpaired) electrons. The van der Waals surface area contributed by atoms with Crippen molar-refractivity contribution in [2.45, 2.75) is 13.8 Å². The van der Waals surface area contributed by atoms with Gasteiger partial charge in [0.05, 0.1) is 0 Å². The maximum atomic E-state index is 3.65. The van der Waals surface area contributed by atoms with E-state index in [-0.39, 0.29) is 0 Å². The van der Waals surface area contributed by atoms with Crippen LogP contribution >= 0.6 is 0 Å². The van der Waals surface area contributed by atoms with Gasteiger partial charge in [-0.1, -0.05) is 121 Å². The van der Waals surface area contributed by atoms with Crippen LogP contribution in [0.4, 0.5) is 11.4 Å². The fourth-order valence-electron chi connectivity index (χ4n) is 5.26. The number of aryl methyl sites for hydroxylation is 2. The summed E-state index contributed by atoms with van der Waals surface area (Å²) in [4.78, 5) is 0. The number of hydrogen-bond acceptors (Lipinski definition) is 1. The van der Waals surface area contributed by atoms with E-state index in [2.05, 4.69) is 159 Å². The van der Waals surface area contributed by atoms with Crippen molar-refractivity contribution in [2.24, 2.45) is 0 Å². The first-order valence-electron chi connectivity index (χ1n) is 13.4. The quantitative estimate of drug-likeness (QED) is 0.239. The smallest absolute Gasteiger partial charge is 0.0463 e. The molecule has 6 rings (SSSR count). The zero-order valence-electron chi connectivity index (χ0n) is 22.4. The van der Waals surface area contributed by atoms with Crippen molar-refractivity contribution in [3.63, 3.8) is 0 Å². The van der Waals surface area contributed by atoms with Crippen LogP contribution in [-0.4, -0.2) is 0 Å². The lowest BCUT2D eigenvalue weighted by Gasteiger charge is -2.15. The molecule has 0 aliphatic carbocycles. The highest BCUT2D eigenvalue weighted by molar-refractivity contribution is 5.84. The first-order valence-corrected chi connectivity index (χ1v) is 13.4. The molecule has 0 spiro atoms. The first-order chi connectivity index (χ1) is 19.2. The minimum absolute atomic E-state index is 1.07. The summed E-state index contributed by atoms with van der Waals surface area (Å²) in [6.07, 6.45) is 0. The van der Waals surface area contributed by atoms with E-state index < -0.39 is 0 Å². The molecule has 1 heteroatoms. The molecule has 39 heavy (non-hydrogen) atoms. The number of benzene rings is 6. The maximum Gasteiger partial charge on any atom is 0.0463 e. The number of para-hydroxylation sites is 1. The van der Waals surface area contributed by atoms with Gasteiger partial charge in [-0.2, -0.15) is 0 Å². The van der Waals surface area contributed by atoms with E-state index in [1.54, 1.807) is 0 Å². The van der Waals surface area contributed by atoms with Crippen molar-refractivity contribution < 1.29 is 0 Å². The van der Waals surface area contributed by atoms with Crippen molar-refractivity contribution in [3.05, 3.63) is 157 Å². The van der Waals surface area contributed by atoms with Gasteiger partial charge < -0.3 is 5.32 Å². The van der Waals surface area contributed by atoms with Crippen LogP contribution < -0.4 is 5.32 Å². The Kier molecular flexibility index (Phi) is 6.80. The minimum atomic E-state index is 1.07. The van der Waals surface area contributed by atoms with Crippen molar-refractivity contribution in [1.82, 2.24) is 0 Å². The zero-order valence-corrected chi connectivity index (χ0v) is 22.4. The highest BCUT2D eigenvalue weighted by Crippen LogP contribution is 2.35. The monoisotopic (exact) mass is 501 g/mol. The molecule has 0 aliphatic rings. The molecule has 6 aromatic carbocycles. The molecule has 1 N–H and O–H groups in total. The zero-order chi connectivity index (χ0) is 26.6. The van der Waals surface area contributed by atoms with Gasteiger partial charge in [0, 0.05) is 16.9 Å². The molecular formula is C38H31N. The Morgan fingerprint density at radius 3 is 1.69 bits per heavy atom. The van der Waals surface area contributed by atoms with Gasteiger partial charge in [-0.15, -0.1) is 0 Å². The molecule has 0 amide bonds. The number of anilines is 2. The van der Waals surface area contributed by atoms with E-state index in [4.69, 9.17) is 0 Å². The van der Waals surface area contributed by atoms with Crippen LogP contribution in [-0.2, 0) is 0 Å². The lowest BCUT2D eigenvalue weighted by Crippen LogP contribution is -1.94. The van der Waals surface area contributed by atoms with Gasteiger partial charge in [0.25, 0.3) is 0 Å². The molecule has 0 aromatic heterocycles. The number of nitrogens with one attached hydrogen (secondary N) is 1. The van der Waals surface area contributed by atoms with Gasteiger partial charge in [-0.3, -0.25) is 0 Å². The molecule has 0 aliphatic heterocycles. The topological polar surface area (TPSA) is 12.0 Å². The second-order valence-electron chi connectivity index (χ2n) is 10.0. The average molecular weight is 502 g/mol. The highest BCUT2D eigenvalue weighted by Gasteiger charge is 2.10. The van der Waals surface area contributed by atoms with Gasteiger partial charge in [0.15, 0.2) is 0 Å². The SMILES string of the molecule is Cc1ccccc1-c1ccc(-c2cccc(-c3ccccc3Nc3ccc(-c4ccccc4)cc3)c2)cc1C. The van der Waals surface area contributed by atoms with Crippen LogP contribution in [0, 0.1) is 13.8 Å². The van der Waals surface area contributed by atoms with E-state index in [0.717, 1.165) is 11.4 Å². The van der Waals surface area contributed by atoms with Crippen molar-refractivity contribution in [1.29, 1.82) is 0 Å². The highest BCUT2D eigenvalue weighted by atomic mass is 14.9. The van der Waals surface area contributed by atoms with E-state index in [0.29, 0.717) is 0 Å². The molecule has 0 fully saturated rings. The Balaban J connectivity index is 1.28. The van der Waals surface area contributed by atoms with Gasteiger partial charge in [-0.25, -0.2) is 0 Å². The van der Waals surface area contributed by atoms with E-state index >= 15 is 0 Å². The first kappa shape index (κ1) is 24.5. The lowest BCUT2D eigenvalue weighted by atomic mass is 9.92. The third kappa shape index (κ3) is 5.26. The summed E-state index contributed by atoms with van der Waals surface area (Å²) in [5.41, 5.74) is 14.6. The van der Waals surface area contributed by atoms with E-state index in [1.807, 2.05) is 6.07 Å². The van der Waals surface area contributed by atoms with Crippen LogP contribution in [0.1, 0.15) is 11.1 Å². The Morgan fingerprint density at radius 1 is 0.359 bits per heavy atom. The van der Waals surface area contributed by atoms with Crippen LogP contribution in [0.15, 0.2) is 146 Å². The molecule has 0 bridgehead atoms. The summed E-state index contributed by atoms with van der Waals surface area (Å²) in [7, 11) is 0. The predicted octanol–water partition coefficient (Wildman–Crippen LogP) is 10.7.